The Kier molecular flexibility index (Phi) is 34.6. The Bertz CT molecular complexity index is 1550. The Morgan fingerprint density at radius 1 is 0.455 bits per heavy atom. The van der Waals surface area contributed by atoms with Gasteiger partial charge in [0.15, 0.2) is 0 Å². The molecule has 0 aliphatic heterocycles. The molecule has 0 unspecified atom stereocenters. The van der Waals surface area contributed by atoms with E-state index in [0.717, 1.165) is 11.1 Å². The van der Waals surface area contributed by atoms with E-state index in [2.05, 4.69) is 102 Å². The Hall–Kier alpha value is -5.28. The summed E-state index contributed by atoms with van der Waals surface area (Å²) in [5, 5.41) is 0. The summed E-state index contributed by atoms with van der Waals surface area (Å²) in [6, 6.07) is 8.22. The molecular formula is C45H62O10. The number of benzene rings is 1. The van der Waals surface area contributed by atoms with Gasteiger partial charge in [-0.1, -0.05) is 36.9 Å². The van der Waals surface area contributed by atoms with Gasteiger partial charge in [-0.2, -0.15) is 0 Å². The van der Waals surface area contributed by atoms with Gasteiger partial charge in [-0.25, -0.2) is 0 Å². The molecule has 302 valence electrons. The van der Waals surface area contributed by atoms with E-state index >= 15 is 0 Å². The standard InChI is InChI=1S/C45H50O10.6H2/c1-4-7-9-11-13-15-23-46-25-17-27-48-29-31-50-33-35-52-37-39-54-41-45(44-21-19-43(6-3)20-22-44)42-55-40-38-53-36-34-51-32-30-49-28-18-26-47-24-16-14-12-10-8-5-2;;;;;;/h1-2,6,19-22,45H,3,17-18,25-42H2;6*1H. The molecule has 1 aromatic carbocycles. The van der Waals surface area contributed by atoms with Crippen LogP contribution < -0.4 is 0 Å². The molecular weight excluding hydrogens is 700 g/mol. The van der Waals surface area contributed by atoms with Crippen LogP contribution in [0, 0.1) is 96.1 Å². The average molecular weight is 763 g/mol. The smallest absolute Gasteiger partial charge is 0.124 e. The molecule has 0 radical (unpaired) electrons. The molecule has 0 N–H and O–H groups in total. The Labute approximate surface area is 337 Å². The second-order valence-corrected chi connectivity index (χ2v) is 10.5. The fourth-order valence-corrected chi connectivity index (χ4v) is 3.87. The van der Waals surface area contributed by atoms with Gasteiger partial charge >= 0.3 is 0 Å². The first-order valence-electron chi connectivity index (χ1n) is 17.8. The van der Waals surface area contributed by atoms with Crippen LogP contribution in [-0.2, 0) is 47.4 Å². The first-order valence-corrected chi connectivity index (χ1v) is 17.8. The Morgan fingerprint density at radius 3 is 1.18 bits per heavy atom. The van der Waals surface area contributed by atoms with Crippen LogP contribution in [-0.4, -0.2) is 119 Å². The van der Waals surface area contributed by atoms with E-state index in [1.54, 1.807) is 0 Å². The van der Waals surface area contributed by atoms with Crippen molar-refractivity contribution in [1.29, 1.82) is 0 Å². The van der Waals surface area contributed by atoms with Crippen molar-refractivity contribution in [1.82, 2.24) is 0 Å². The molecule has 0 amide bonds. The molecule has 0 atom stereocenters. The highest BCUT2D eigenvalue weighted by Crippen LogP contribution is 2.18. The molecule has 0 bridgehead atoms. The summed E-state index contributed by atoms with van der Waals surface area (Å²) in [5.41, 5.74) is 2.18. The molecule has 55 heavy (non-hydrogen) atoms. The van der Waals surface area contributed by atoms with Crippen LogP contribution in [0.1, 0.15) is 38.4 Å². The summed E-state index contributed by atoms with van der Waals surface area (Å²) >= 11 is 0. The van der Waals surface area contributed by atoms with Crippen molar-refractivity contribution in [2.75, 3.05) is 119 Å². The van der Waals surface area contributed by atoms with Gasteiger partial charge in [0.2, 0.25) is 0 Å². The fraction of sp³-hybridized carbons (Fsp3) is 0.467. The SMILES string of the molecule is C#CC#CC#CC#COCCCOCCOCCOCCOCC(COCCOCCOCCOCCCOC#CC#CC#CC#C)c1ccc(C=C)cc1.[HH].[HH].[HH].[HH].[HH].[HH]. The van der Waals surface area contributed by atoms with Crippen LogP contribution in [0.2, 0.25) is 0 Å². The first-order chi connectivity index (χ1) is 27.3. The first kappa shape index (κ1) is 47.7. The zero-order valence-corrected chi connectivity index (χ0v) is 31.6. The van der Waals surface area contributed by atoms with Crippen LogP contribution in [0.3, 0.4) is 0 Å². The van der Waals surface area contributed by atoms with Gasteiger partial charge in [-0.3, -0.25) is 0 Å². The van der Waals surface area contributed by atoms with Crippen molar-refractivity contribution in [3.05, 3.63) is 42.0 Å². The van der Waals surface area contributed by atoms with Gasteiger partial charge in [-0.05, 0) is 46.6 Å². The molecule has 1 rings (SSSR count). The lowest BCUT2D eigenvalue weighted by Crippen LogP contribution is -2.19. The van der Waals surface area contributed by atoms with Gasteiger partial charge in [0.1, 0.15) is 25.4 Å². The molecule has 10 heteroatoms. The lowest BCUT2D eigenvalue weighted by molar-refractivity contribution is -0.0154. The van der Waals surface area contributed by atoms with Crippen molar-refractivity contribution in [3.63, 3.8) is 0 Å². The third-order valence-corrected chi connectivity index (χ3v) is 6.47. The monoisotopic (exact) mass is 762 g/mol. The number of terminal acetylenes is 2. The molecule has 0 aliphatic carbocycles. The average Bonchev–Trinajstić information content (AvgIpc) is 3.21. The molecule has 1 aromatic rings. The Balaban J connectivity index is -0.00000126. The summed E-state index contributed by atoms with van der Waals surface area (Å²) in [7, 11) is 0. The van der Waals surface area contributed by atoms with Gasteiger partial charge in [0.25, 0.3) is 0 Å². The van der Waals surface area contributed by atoms with Crippen molar-refractivity contribution in [2.45, 2.75) is 18.8 Å². The van der Waals surface area contributed by atoms with Crippen LogP contribution in [0.5, 0.6) is 0 Å². The van der Waals surface area contributed by atoms with Crippen LogP contribution in [0.4, 0.5) is 0 Å². The third kappa shape index (κ3) is 33.1. The molecule has 0 fully saturated rings. The van der Waals surface area contributed by atoms with E-state index < -0.39 is 0 Å². The summed E-state index contributed by atoms with van der Waals surface area (Å²) in [5.74, 6) is 29.1. The third-order valence-electron chi connectivity index (χ3n) is 6.47. The zero-order chi connectivity index (χ0) is 39.4. The quantitative estimate of drug-likeness (QED) is 0.0736. The number of hydrogen-bond donors (Lipinski definition) is 0. The minimum atomic E-state index is 0. The molecule has 0 saturated carbocycles. The largest absolute Gasteiger partial charge is 0.446 e. The van der Waals surface area contributed by atoms with E-state index in [4.69, 9.17) is 60.2 Å². The molecule has 0 aliphatic rings. The predicted octanol–water partition coefficient (Wildman–Crippen LogP) is 5.04. The van der Waals surface area contributed by atoms with E-state index in [0.29, 0.717) is 132 Å². The van der Waals surface area contributed by atoms with Crippen LogP contribution in [0.25, 0.3) is 6.08 Å². The summed E-state index contributed by atoms with van der Waals surface area (Å²) < 4.78 is 55.5. The highest BCUT2D eigenvalue weighted by Gasteiger charge is 2.13. The summed E-state index contributed by atoms with van der Waals surface area (Å²) in [6.45, 7) is 12.5. The molecule has 10 nitrogen and oxygen atoms in total. The maximum atomic E-state index is 5.93. The fourth-order valence-electron chi connectivity index (χ4n) is 3.87. The maximum absolute atomic E-state index is 5.93. The highest BCUT2D eigenvalue weighted by molar-refractivity contribution is 5.47. The number of hydrogen-bond acceptors (Lipinski definition) is 10. The van der Waals surface area contributed by atoms with Crippen molar-refractivity contribution >= 4 is 6.08 Å². The minimum Gasteiger partial charge on any atom is -0.446 e. The lowest BCUT2D eigenvalue weighted by atomic mass is 9.99. The number of rotatable bonds is 32. The maximum Gasteiger partial charge on any atom is 0.124 e. The molecule has 0 aromatic heterocycles. The topological polar surface area (TPSA) is 92.3 Å². The zero-order valence-electron chi connectivity index (χ0n) is 31.6. The van der Waals surface area contributed by atoms with Crippen molar-refractivity contribution in [2.24, 2.45) is 0 Å². The van der Waals surface area contributed by atoms with Crippen LogP contribution in [0.15, 0.2) is 30.8 Å². The normalized spacial score (nSPS) is 9.36. The van der Waals surface area contributed by atoms with Gasteiger partial charge in [-0.15, -0.1) is 12.8 Å². The van der Waals surface area contributed by atoms with Crippen molar-refractivity contribution < 1.29 is 55.9 Å². The molecule has 0 heterocycles. The molecule has 0 spiro atoms. The second-order valence-electron chi connectivity index (χ2n) is 10.5. The minimum absolute atomic E-state index is 0. The van der Waals surface area contributed by atoms with Gasteiger partial charge in [0, 0.05) is 76.1 Å². The van der Waals surface area contributed by atoms with Gasteiger partial charge in [0.05, 0.1) is 92.5 Å². The summed E-state index contributed by atoms with van der Waals surface area (Å²) in [4.78, 5) is 0. The highest BCUT2D eigenvalue weighted by atomic mass is 16.6. The number of ether oxygens (including phenoxy) is 10. The Morgan fingerprint density at radius 2 is 0.800 bits per heavy atom. The summed E-state index contributed by atoms with van der Waals surface area (Å²) in [6.07, 6.45) is 18.2. The van der Waals surface area contributed by atoms with Crippen molar-refractivity contribution in [3.8, 4) is 96.1 Å². The van der Waals surface area contributed by atoms with Gasteiger partial charge < -0.3 is 47.4 Å². The van der Waals surface area contributed by atoms with E-state index in [9.17, 15) is 0 Å². The molecule has 0 saturated heterocycles. The van der Waals surface area contributed by atoms with E-state index in [1.807, 2.05) is 18.2 Å². The lowest BCUT2D eigenvalue weighted by Gasteiger charge is -2.18. The van der Waals surface area contributed by atoms with E-state index in [-0.39, 0.29) is 14.5 Å². The van der Waals surface area contributed by atoms with Crippen LogP contribution >= 0.6 is 0 Å². The second kappa shape index (κ2) is 39.9. The van der Waals surface area contributed by atoms with E-state index in [1.165, 1.54) is 0 Å². The predicted molar refractivity (Wildman–Crippen MR) is 224 cm³/mol.